The highest BCUT2D eigenvalue weighted by Gasteiger charge is 2.58. The fourth-order valence-corrected chi connectivity index (χ4v) is 8.10. The van der Waals surface area contributed by atoms with Gasteiger partial charge in [-0.1, -0.05) is 146 Å². The van der Waals surface area contributed by atoms with Crippen LogP contribution in [0.3, 0.4) is 0 Å². The second-order valence-corrected chi connectivity index (χ2v) is 10.8. The van der Waals surface area contributed by atoms with E-state index in [4.69, 9.17) is 0 Å². The Morgan fingerprint density at radius 1 is 0.462 bits per heavy atom. The molecule has 0 aliphatic heterocycles. The minimum atomic E-state index is -0.433. The average Bonchev–Trinajstić information content (AvgIpc) is 3.45. The van der Waals surface area contributed by atoms with Gasteiger partial charge in [-0.2, -0.15) is 0 Å². The molecule has 39 heavy (non-hydrogen) atoms. The van der Waals surface area contributed by atoms with Crippen LogP contribution in [-0.4, -0.2) is 0 Å². The SMILES string of the molecule is C=CC1=C(/C=C\C)C2(c3ccccc31)c1ccccc1C1(c3ccccc3-c3ccccc31)c1ccccc12. The van der Waals surface area contributed by atoms with E-state index in [1.54, 1.807) is 0 Å². The zero-order valence-electron chi connectivity index (χ0n) is 22.0. The molecule has 8 rings (SSSR count). The van der Waals surface area contributed by atoms with Crippen molar-refractivity contribution < 1.29 is 0 Å². The first-order valence-corrected chi connectivity index (χ1v) is 13.8. The molecule has 0 saturated carbocycles. The monoisotopic (exact) mass is 496 g/mol. The van der Waals surface area contributed by atoms with E-state index in [0.29, 0.717) is 0 Å². The van der Waals surface area contributed by atoms with Crippen LogP contribution in [0.5, 0.6) is 0 Å². The van der Waals surface area contributed by atoms with Crippen molar-refractivity contribution in [3.8, 4) is 11.1 Å². The van der Waals surface area contributed by atoms with Gasteiger partial charge in [-0.05, 0) is 73.7 Å². The Kier molecular flexibility index (Phi) is 4.53. The van der Waals surface area contributed by atoms with Crippen LogP contribution in [-0.2, 0) is 10.8 Å². The van der Waals surface area contributed by atoms with Crippen molar-refractivity contribution in [1.82, 2.24) is 0 Å². The molecule has 5 aromatic carbocycles. The highest BCUT2D eigenvalue weighted by atomic mass is 14.6. The minimum Gasteiger partial charge on any atom is -0.0984 e. The normalized spacial score (nSPS) is 16.6. The smallest absolute Gasteiger partial charge is 0.0720 e. The summed E-state index contributed by atoms with van der Waals surface area (Å²) in [5.74, 6) is 0. The Labute approximate surface area is 230 Å². The van der Waals surface area contributed by atoms with Crippen LogP contribution in [0.1, 0.15) is 51.4 Å². The van der Waals surface area contributed by atoms with Crippen LogP contribution in [0.4, 0.5) is 0 Å². The molecule has 0 nitrogen and oxygen atoms in total. The fourth-order valence-electron chi connectivity index (χ4n) is 8.10. The number of benzene rings is 5. The number of hydrogen-bond acceptors (Lipinski definition) is 0. The van der Waals surface area contributed by atoms with Crippen molar-refractivity contribution in [2.75, 3.05) is 0 Å². The van der Waals surface area contributed by atoms with E-state index >= 15 is 0 Å². The molecular formula is C39H28. The van der Waals surface area contributed by atoms with E-state index in [2.05, 4.69) is 153 Å². The summed E-state index contributed by atoms with van der Waals surface area (Å²) in [4.78, 5) is 0. The summed E-state index contributed by atoms with van der Waals surface area (Å²) in [5.41, 5.74) is 15.1. The number of hydrogen-bond donors (Lipinski definition) is 0. The molecule has 0 bridgehead atoms. The van der Waals surface area contributed by atoms with E-state index in [-0.39, 0.29) is 0 Å². The molecule has 0 N–H and O–H groups in total. The molecule has 184 valence electrons. The van der Waals surface area contributed by atoms with Crippen LogP contribution in [0.2, 0.25) is 0 Å². The van der Waals surface area contributed by atoms with Crippen molar-refractivity contribution >= 4 is 5.57 Å². The van der Waals surface area contributed by atoms with Crippen LogP contribution in [0.25, 0.3) is 16.7 Å². The molecule has 3 aliphatic rings. The summed E-state index contributed by atoms with van der Waals surface area (Å²) < 4.78 is 0. The highest BCUT2D eigenvalue weighted by Crippen LogP contribution is 2.66. The Morgan fingerprint density at radius 2 is 0.821 bits per heavy atom. The lowest BCUT2D eigenvalue weighted by Crippen LogP contribution is -2.44. The lowest BCUT2D eigenvalue weighted by molar-refractivity contribution is 0.630. The van der Waals surface area contributed by atoms with Gasteiger partial charge in [-0.3, -0.25) is 0 Å². The fraction of sp³-hybridized carbons (Fsp3) is 0.0769. The molecule has 0 aromatic heterocycles. The third kappa shape index (κ3) is 2.46. The maximum absolute atomic E-state index is 4.30. The molecular weight excluding hydrogens is 468 g/mol. The first-order valence-electron chi connectivity index (χ1n) is 13.8. The van der Waals surface area contributed by atoms with Gasteiger partial charge in [0.25, 0.3) is 0 Å². The molecule has 0 heterocycles. The first kappa shape index (κ1) is 22.3. The molecule has 2 spiro atoms. The van der Waals surface area contributed by atoms with Crippen molar-refractivity contribution in [1.29, 1.82) is 0 Å². The lowest BCUT2D eigenvalue weighted by Gasteiger charge is -2.49. The molecule has 0 fully saturated rings. The average molecular weight is 497 g/mol. The molecule has 0 heteroatoms. The highest BCUT2D eigenvalue weighted by molar-refractivity contribution is 5.95. The second kappa shape index (κ2) is 7.91. The van der Waals surface area contributed by atoms with E-state index in [1.165, 1.54) is 66.8 Å². The number of fused-ring (bicyclic) bond motifs is 13. The summed E-state index contributed by atoms with van der Waals surface area (Å²) in [5, 5.41) is 0. The topological polar surface area (TPSA) is 0 Å². The predicted molar refractivity (Wildman–Crippen MR) is 162 cm³/mol. The zero-order chi connectivity index (χ0) is 26.2. The molecule has 0 radical (unpaired) electrons. The van der Waals surface area contributed by atoms with Crippen molar-refractivity contribution in [3.05, 3.63) is 196 Å². The lowest BCUT2D eigenvalue weighted by atomic mass is 9.52. The molecule has 5 aromatic rings. The van der Waals surface area contributed by atoms with Crippen LogP contribution in [0, 0.1) is 0 Å². The number of rotatable bonds is 2. The largest absolute Gasteiger partial charge is 0.0984 e. The van der Waals surface area contributed by atoms with Crippen molar-refractivity contribution in [3.63, 3.8) is 0 Å². The van der Waals surface area contributed by atoms with Gasteiger partial charge in [0, 0.05) is 0 Å². The van der Waals surface area contributed by atoms with Gasteiger partial charge in [0.2, 0.25) is 0 Å². The van der Waals surface area contributed by atoms with Gasteiger partial charge in [-0.25, -0.2) is 0 Å². The quantitative estimate of drug-likeness (QED) is 0.224. The van der Waals surface area contributed by atoms with E-state index in [9.17, 15) is 0 Å². The second-order valence-electron chi connectivity index (χ2n) is 10.8. The van der Waals surface area contributed by atoms with Gasteiger partial charge in [0.05, 0.1) is 10.8 Å². The molecule has 3 aliphatic carbocycles. The molecule has 0 atom stereocenters. The van der Waals surface area contributed by atoms with Crippen LogP contribution < -0.4 is 0 Å². The van der Waals surface area contributed by atoms with Gasteiger partial charge < -0.3 is 0 Å². The Bertz CT molecular complexity index is 1800. The summed E-state index contributed by atoms with van der Waals surface area (Å²) in [6.07, 6.45) is 6.56. The van der Waals surface area contributed by atoms with Gasteiger partial charge >= 0.3 is 0 Å². The van der Waals surface area contributed by atoms with Gasteiger partial charge in [-0.15, -0.1) is 0 Å². The summed E-state index contributed by atoms with van der Waals surface area (Å²) in [6, 6.07) is 45.4. The van der Waals surface area contributed by atoms with Crippen molar-refractivity contribution in [2.45, 2.75) is 17.8 Å². The van der Waals surface area contributed by atoms with Gasteiger partial charge in [0.15, 0.2) is 0 Å². The molecule has 0 amide bonds. The maximum Gasteiger partial charge on any atom is 0.0720 e. The summed E-state index contributed by atoms with van der Waals surface area (Å²) in [7, 11) is 0. The van der Waals surface area contributed by atoms with E-state index < -0.39 is 10.8 Å². The van der Waals surface area contributed by atoms with Crippen LogP contribution >= 0.6 is 0 Å². The zero-order valence-corrected chi connectivity index (χ0v) is 22.0. The third-order valence-electron chi connectivity index (χ3n) is 9.28. The molecule has 0 unspecified atom stereocenters. The molecule has 0 saturated heterocycles. The maximum atomic E-state index is 4.30. The van der Waals surface area contributed by atoms with Crippen molar-refractivity contribution in [2.24, 2.45) is 0 Å². The summed E-state index contributed by atoms with van der Waals surface area (Å²) in [6.45, 7) is 6.42. The standard InChI is InChI=1S/C39H28/c1-3-15-30-26(4-2)27-16-5-8-19-31(27)38(30)34-22-11-13-24-36(34)39(37-25-14-12-23-35(37)38)32-20-9-6-17-28(32)29-18-7-10-21-33(29)39/h3-25H,2H2,1H3/b15-3-. The first-order chi connectivity index (χ1) is 19.3. The minimum absolute atomic E-state index is 0.390. The van der Waals surface area contributed by atoms with Gasteiger partial charge in [0.1, 0.15) is 0 Å². The van der Waals surface area contributed by atoms with Crippen LogP contribution in [0.15, 0.2) is 152 Å². The predicted octanol–water partition coefficient (Wildman–Crippen LogP) is 9.23. The Morgan fingerprint density at radius 3 is 1.26 bits per heavy atom. The van der Waals surface area contributed by atoms with E-state index in [0.717, 1.165) is 0 Å². The Balaban J connectivity index is 1.63. The number of allylic oxidation sites excluding steroid dienone is 5. The Hall–Kier alpha value is -4.68. The third-order valence-corrected chi connectivity index (χ3v) is 9.28. The van der Waals surface area contributed by atoms with E-state index in [1.807, 2.05) is 0 Å². The summed E-state index contributed by atoms with van der Waals surface area (Å²) >= 11 is 0.